The number of carbonyl (C=O) groups excluding carboxylic acids is 1. The first-order chi connectivity index (χ1) is 14.2. The third-order valence-electron chi connectivity index (χ3n) is 4.63. The number of carboxylic acid groups (broad SMARTS) is 1. The SMILES string of the molecule is COc1ccc(C(=O)O)c(C)c1NC(=O)c1nnn(Cc2ccc(Cl)c(Cl)c2)c1C. The Kier molecular flexibility index (Phi) is 6.28. The summed E-state index contributed by atoms with van der Waals surface area (Å²) in [7, 11) is 1.43. The first kappa shape index (κ1) is 21.6. The number of hydrogen-bond donors (Lipinski definition) is 2. The highest BCUT2D eigenvalue weighted by Crippen LogP contribution is 2.31. The Bertz CT molecular complexity index is 1140. The second kappa shape index (κ2) is 8.73. The van der Waals surface area contributed by atoms with Crippen molar-refractivity contribution in [2.45, 2.75) is 20.4 Å². The molecule has 0 radical (unpaired) electrons. The van der Waals surface area contributed by atoms with Crippen LogP contribution in [0.3, 0.4) is 0 Å². The Morgan fingerprint density at radius 3 is 2.53 bits per heavy atom. The van der Waals surface area contributed by atoms with Gasteiger partial charge in [0.05, 0.1) is 40.6 Å². The molecule has 1 heterocycles. The Morgan fingerprint density at radius 2 is 1.90 bits per heavy atom. The first-order valence-corrected chi connectivity index (χ1v) is 9.54. The zero-order valence-electron chi connectivity index (χ0n) is 16.4. The number of aromatic nitrogens is 3. The smallest absolute Gasteiger partial charge is 0.336 e. The molecule has 0 bridgehead atoms. The molecular formula is C20H18Cl2N4O4. The molecule has 0 atom stereocenters. The average molecular weight is 449 g/mol. The van der Waals surface area contributed by atoms with Crippen molar-refractivity contribution in [2.24, 2.45) is 0 Å². The van der Waals surface area contributed by atoms with Crippen LogP contribution in [0.5, 0.6) is 5.75 Å². The normalized spacial score (nSPS) is 10.7. The van der Waals surface area contributed by atoms with Gasteiger partial charge in [-0.05, 0) is 49.2 Å². The van der Waals surface area contributed by atoms with Crippen molar-refractivity contribution in [1.29, 1.82) is 0 Å². The molecule has 0 aliphatic rings. The van der Waals surface area contributed by atoms with Gasteiger partial charge >= 0.3 is 5.97 Å². The number of halogens is 2. The van der Waals surface area contributed by atoms with E-state index in [1.807, 2.05) is 0 Å². The summed E-state index contributed by atoms with van der Waals surface area (Å²) in [5.74, 6) is -1.29. The van der Waals surface area contributed by atoms with E-state index >= 15 is 0 Å². The number of carboxylic acids is 1. The highest BCUT2D eigenvalue weighted by molar-refractivity contribution is 6.42. The monoisotopic (exact) mass is 448 g/mol. The lowest BCUT2D eigenvalue weighted by atomic mass is 10.1. The number of benzene rings is 2. The van der Waals surface area contributed by atoms with Crippen LogP contribution in [0.25, 0.3) is 0 Å². The maximum absolute atomic E-state index is 12.8. The predicted octanol–water partition coefficient (Wildman–Crippen LogP) is 4.21. The highest BCUT2D eigenvalue weighted by Gasteiger charge is 2.21. The number of methoxy groups -OCH3 is 1. The van der Waals surface area contributed by atoms with E-state index in [0.717, 1.165) is 5.56 Å². The number of carbonyl (C=O) groups is 2. The summed E-state index contributed by atoms with van der Waals surface area (Å²) in [5.41, 5.74) is 2.18. The van der Waals surface area contributed by atoms with E-state index in [4.69, 9.17) is 27.9 Å². The van der Waals surface area contributed by atoms with Gasteiger partial charge in [-0.15, -0.1) is 5.10 Å². The van der Waals surface area contributed by atoms with Gasteiger partial charge in [-0.1, -0.05) is 34.5 Å². The fourth-order valence-corrected chi connectivity index (χ4v) is 3.27. The molecule has 3 rings (SSSR count). The topological polar surface area (TPSA) is 106 Å². The summed E-state index contributed by atoms with van der Waals surface area (Å²) in [6.07, 6.45) is 0. The van der Waals surface area contributed by atoms with E-state index in [9.17, 15) is 14.7 Å². The van der Waals surface area contributed by atoms with Crippen LogP contribution >= 0.6 is 23.2 Å². The Balaban J connectivity index is 1.88. The number of hydrogen-bond acceptors (Lipinski definition) is 5. The quantitative estimate of drug-likeness (QED) is 0.584. The van der Waals surface area contributed by atoms with Crippen molar-refractivity contribution in [3.63, 3.8) is 0 Å². The standard InChI is InChI=1S/C20H18Cl2N4O4/c1-10-13(20(28)29)5-7-16(30-3)17(10)23-19(27)18-11(2)26(25-24-18)9-12-4-6-14(21)15(22)8-12/h4-8H,9H2,1-3H3,(H,23,27)(H,28,29). The van der Waals surface area contributed by atoms with Gasteiger partial charge in [0.25, 0.3) is 5.91 Å². The summed E-state index contributed by atoms with van der Waals surface area (Å²) in [5, 5.41) is 20.9. The van der Waals surface area contributed by atoms with Gasteiger partial charge in [0, 0.05) is 0 Å². The van der Waals surface area contributed by atoms with E-state index in [0.29, 0.717) is 33.6 Å². The minimum atomic E-state index is -1.10. The van der Waals surface area contributed by atoms with Crippen LogP contribution in [-0.2, 0) is 6.54 Å². The van der Waals surface area contributed by atoms with E-state index < -0.39 is 11.9 Å². The molecule has 0 spiro atoms. The lowest BCUT2D eigenvalue weighted by molar-refractivity contribution is 0.0695. The van der Waals surface area contributed by atoms with Gasteiger partial charge in [0.15, 0.2) is 5.69 Å². The van der Waals surface area contributed by atoms with E-state index in [2.05, 4.69) is 15.6 Å². The predicted molar refractivity (Wildman–Crippen MR) is 113 cm³/mol. The molecule has 8 nitrogen and oxygen atoms in total. The first-order valence-electron chi connectivity index (χ1n) is 8.79. The average Bonchev–Trinajstić information content (AvgIpc) is 3.06. The summed E-state index contributed by atoms with van der Waals surface area (Å²) < 4.78 is 6.82. The molecule has 0 unspecified atom stereocenters. The zero-order valence-corrected chi connectivity index (χ0v) is 17.9. The minimum absolute atomic E-state index is 0.0612. The van der Waals surface area contributed by atoms with Gasteiger partial charge in [0.2, 0.25) is 0 Å². The van der Waals surface area contributed by atoms with Crippen LogP contribution < -0.4 is 10.1 Å². The molecule has 0 saturated carbocycles. The molecule has 2 aromatic carbocycles. The largest absolute Gasteiger partial charge is 0.495 e. The summed E-state index contributed by atoms with van der Waals surface area (Å²) in [4.78, 5) is 24.2. The molecule has 2 N–H and O–H groups in total. The van der Waals surface area contributed by atoms with Gasteiger partial charge < -0.3 is 15.2 Å². The second-order valence-electron chi connectivity index (χ2n) is 6.50. The van der Waals surface area contributed by atoms with Crippen molar-refractivity contribution in [1.82, 2.24) is 15.0 Å². The van der Waals surface area contributed by atoms with Crippen LogP contribution in [0.1, 0.15) is 37.7 Å². The summed E-state index contributed by atoms with van der Waals surface area (Å²) in [6.45, 7) is 3.65. The van der Waals surface area contributed by atoms with Crippen molar-refractivity contribution >= 4 is 40.8 Å². The molecule has 0 fully saturated rings. The third-order valence-corrected chi connectivity index (χ3v) is 5.37. The van der Waals surface area contributed by atoms with Crippen LogP contribution in [0.15, 0.2) is 30.3 Å². The lowest BCUT2D eigenvalue weighted by Crippen LogP contribution is -2.17. The van der Waals surface area contributed by atoms with Gasteiger partial charge in [-0.3, -0.25) is 4.79 Å². The fraction of sp³-hybridized carbons (Fsp3) is 0.200. The molecule has 0 aliphatic heterocycles. The Morgan fingerprint density at radius 1 is 1.17 bits per heavy atom. The molecule has 3 aromatic rings. The summed E-state index contributed by atoms with van der Waals surface area (Å²) >= 11 is 12.0. The zero-order chi connectivity index (χ0) is 22.0. The summed E-state index contributed by atoms with van der Waals surface area (Å²) in [6, 6.07) is 8.12. The molecule has 1 amide bonds. The van der Waals surface area contributed by atoms with Crippen LogP contribution in [-0.4, -0.2) is 39.1 Å². The number of nitrogens with zero attached hydrogens (tertiary/aromatic N) is 3. The minimum Gasteiger partial charge on any atom is -0.495 e. The number of aromatic carboxylic acids is 1. The number of rotatable bonds is 6. The van der Waals surface area contributed by atoms with E-state index in [-0.39, 0.29) is 16.9 Å². The maximum atomic E-state index is 12.8. The van der Waals surface area contributed by atoms with E-state index in [1.165, 1.54) is 19.2 Å². The Labute approximate surface area is 182 Å². The number of nitrogens with one attached hydrogen (secondary N) is 1. The third kappa shape index (κ3) is 4.24. The lowest BCUT2D eigenvalue weighted by Gasteiger charge is -2.14. The van der Waals surface area contributed by atoms with Crippen molar-refractivity contribution in [3.8, 4) is 5.75 Å². The maximum Gasteiger partial charge on any atom is 0.336 e. The van der Waals surface area contributed by atoms with Gasteiger partial charge in [0.1, 0.15) is 5.75 Å². The van der Waals surface area contributed by atoms with Crippen molar-refractivity contribution < 1.29 is 19.4 Å². The molecular weight excluding hydrogens is 431 g/mol. The fourth-order valence-electron chi connectivity index (χ4n) is 2.95. The van der Waals surface area contributed by atoms with Crippen LogP contribution in [0, 0.1) is 13.8 Å². The molecule has 10 heteroatoms. The van der Waals surface area contributed by atoms with Gasteiger partial charge in [-0.2, -0.15) is 0 Å². The molecule has 156 valence electrons. The Hall–Kier alpha value is -3.10. The number of ether oxygens (including phenoxy) is 1. The van der Waals surface area contributed by atoms with Crippen LogP contribution in [0.4, 0.5) is 5.69 Å². The molecule has 30 heavy (non-hydrogen) atoms. The molecule has 0 aliphatic carbocycles. The highest BCUT2D eigenvalue weighted by atomic mass is 35.5. The van der Waals surface area contributed by atoms with Gasteiger partial charge in [-0.25, -0.2) is 9.48 Å². The van der Waals surface area contributed by atoms with Crippen molar-refractivity contribution in [3.05, 3.63) is 68.5 Å². The van der Waals surface area contributed by atoms with Crippen molar-refractivity contribution in [2.75, 3.05) is 12.4 Å². The molecule has 1 aromatic heterocycles. The van der Waals surface area contributed by atoms with E-state index in [1.54, 1.807) is 36.7 Å². The molecule has 0 saturated heterocycles. The second-order valence-corrected chi connectivity index (χ2v) is 7.32. The van der Waals surface area contributed by atoms with Crippen LogP contribution in [0.2, 0.25) is 10.0 Å². The number of amides is 1. The number of anilines is 1.